The van der Waals surface area contributed by atoms with Crippen LogP contribution in [-0.2, 0) is 12.5 Å². The van der Waals surface area contributed by atoms with E-state index in [4.69, 9.17) is 0 Å². The minimum absolute atomic E-state index is 0.168. The summed E-state index contributed by atoms with van der Waals surface area (Å²) in [6.45, 7) is 7.90. The lowest BCUT2D eigenvalue weighted by molar-refractivity contribution is 0.0935. The molecule has 1 unspecified atom stereocenters. The van der Waals surface area contributed by atoms with Gasteiger partial charge in [-0.3, -0.25) is 9.59 Å². The quantitative estimate of drug-likeness (QED) is 0.458. The molecule has 0 spiro atoms. The van der Waals surface area contributed by atoms with Crippen molar-refractivity contribution in [2.24, 2.45) is 7.05 Å². The highest BCUT2D eigenvalue weighted by molar-refractivity contribution is 7.13. The van der Waals surface area contributed by atoms with Crippen LogP contribution in [0.2, 0.25) is 0 Å². The average molecular weight is 466 g/mol. The van der Waals surface area contributed by atoms with Crippen LogP contribution in [0, 0.1) is 0 Å². The number of aromatic nitrogens is 7. The van der Waals surface area contributed by atoms with Gasteiger partial charge in [-0.25, -0.2) is 29.9 Å². The van der Waals surface area contributed by atoms with E-state index in [9.17, 15) is 9.59 Å². The van der Waals surface area contributed by atoms with Gasteiger partial charge in [-0.15, -0.1) is 11.3 Å². The number of hydrogen-bond donors (Lipinski definition) is 2. The van der Waals surface area contributed by atoms with Crippen LogP contribution >= 0.6 is 11.3 Å². The number of rotatable bonds is 5. The highest BCUT2D eigenvalue weighted by atomic mass is 32.1. The Morgan fingerprint density at radius 1 is 1.03 bits per heavy atom. The van der Waals surface area contributed by atoms with Crippen molar-refractivity contribution in [3.05, 3.63) is 52.5 Å². The molecule has 0 aliphatic heterocycles. The van der Waals surface area contributed by atoms with E-state index in [2.05, 4.69) is 40.5 Å². The van der Waals surface area contributed by atoms with Crippen molar-refractivity contribution >= 4 is 40.1 Å². The van der Waals surface area contributed by atoms with Gasteiger partial charge in [0.15, 0.2) is 11.3 Å². The minimum atomic E-state index is -0.436. The minimum Gasteiger partial charge on any atom is -0.342 e. The summed E-state index contributed by atoms with van der Waals surface area (Å²) in [5.41, 5.74) is 1.86. The first-order valence-electron chi connectivity index (χ1n) is 10.2. The van der Waals surface area contributed by atoms with Gasteiger partial charge in [0.1, 0.15) is 33.9 Å². The summed E-state index contributed by atoms with van der Waals surface area (Å²) in [6, 6.07) is 1.32. The molecule has 0 aromatic carbocycles. The number of fused-ring (bicyclic) bond motifs is 1. The van der Waals surface area contributed by atoms with Crippen LogP contribution < -0.4 is 10.6 Å². The molecule has 33 heavy (non-hydrogen) atoms. The topological polar surface area (TPSA) is 140 Å². The molecule has 0 saturated carbocycles. The van der Waals surface area contributed by atoms with E-state index in [1.165, 1.54) is 30.2 Å². The number of imidazole rings is 1. The Morgan fingerprint density at radius 3 is 2.55 bits per heavy atom. The number of nitrogens with one attached hydrogen (secondary N) is 2. The van der Waals surface area contributed by atoms with Crippen molar-refractivity contribution < 1.29 is 9.59 Å². The van der Waals surface area contributed by atoms with Crippen LogP contribution in [0.4, 0.5) is 5.82 Å². The molecule has 0 radical (unpaired) electrons. The summed E-state index contributed by atoms with van der Waals surface area (Å²) in [5.74, 6) is -0.293. The van der Waals surface area contributed by atoms with Crippen LogP contribution in [0.1, 0.15) is 64.6 Å². The molecule has 0 fully saturated rings. The van der Waals surface area contributed by atoms with Crippen LogP contribution in [0.15, 0.2) is 31.2 Å². The van der Waals surface area contributed by atoms with E-state index >= 15 is 0 Å². The third-order valence-electron chi connectivity index (χ3n) is 4.87. The SMILES string of the molecule is CC(NC(=O)c1ncnc2ncn(C)c12)c1ncc(C(=O)Nc2cc(C(C)(C)C)ncn2)s1. The molecule has 0 bridgehead atoms. The van der Waals surface area contributed by atoms with Crippen molar-refractivity contribution in [3.8, 4) is 0 Å². The molecule has 11 nitrogen and oxygen atoms in total. The fourth-order valence-corrected chi connectivity index (χ4v) is 3.90. The third-order valence-corrected chi connectivity index (χ3v) is 6.05. The summed E-state index contributed by atoms with van der Waals surface area (Å²) in [4.78, 5) is 51.0. The third kappa shape index (κ3) is 4.70. The van der Waals surface area contributed by atoms with E-state index in [1.807, 2.05) is 20.8 Å². The molecule has 4 aromatic rings. The molecule has 12 heteroatoms. The highest BCUT2D eigenvalue weighted by Gasteiger charge is 2.22. The molecule has 4 rings (SSSR count). The predicted molar refractivity (Wildman–Crippen MR) is 123 cm³/mol. The molecule has 2 amide bonds. The van der Waals surface area contributed by atoms with Crippen molar-refractivity contribution in [2.45, 2.75) is 39.2 Å². The molecule has 4 heterocycles. The zero-order valence-electron chi connectivity index (χ0n) is 18.8. The Morgan fingerprint density at radius 2 is 1.79 bits per heavy atom. The first-order valence-corrected chi connectivity index (χ1v) is 11.0. The van der Waals surface area contributed by atoms with Crippen LogP contribution in [0.25, 0.3) is 11.2 Å². The average Bonchev–Trinajstić information content (AvgIpc) is 3.41. The fraction of sp³-hybridized carbons (Fsp3) is 0.333. The first-order chi connectivity index (χ1) is 15.6. The number of hydrogen-bond acceptors (Lipinski definition) is 9. The summed E-state index contributed by atoms with van der Waals surface area (Å²) in [5, 5.41) is 6.24. The van der Waals surface area contributed by atoms with E-state index in [-0.39, 0.29) is 22.9 Å². The Kier molecular flexibility index (Phi) is 5.85. The lowest BCUT2D eigenvalue weighted by Crippen LogP contribution is -2.28. The molecule has 1 atom stereocenters. The molecular formula is C21H23N9O2S. The van der Waals surface area contributed by atoms with Crippen molar-refractivity contribution in [2.75, 3.05) is 5.32 Å². The molecule has 0 saturated heterocycles. The lowest BCUT2D eigenvalue weighted by atomic mass is 9.92. The molecular weight excluding hydrogens is 442 g/mol. The van der Waals surface area contributed by atoms with Gasteiger partial charge in [0.2, 0.25) is 0 Å². The smallest absolute Gasteiger partial charge is 0.272 e. The summed E-state index contributed by atoms with van der Waals surface area (Å²) < 4.78 is 1.69. The first kappa shape index (κ1) is 22.4. The Balaban J connectivity index is 1.46. The maximum Gasteiger partial charge on any atom is 0.272 e. The lowest BCUT2D eigenvalue weighted by Gasteiger charge is -2.17. The van der Waals surface area contributed by atoms with Crippen LogP contribution in [0.5, 0.6) is 0 Å². The number of nitrogens with zero attached hydrogens (tertiary/aromatic N) is 7. The zero-order valence-corrected chi connectivity index (χ0v) is 19.6. The monoisotopic (exact) mass is 465 g/mol. The number of anilines is 1. The second kappa shape index (κ2) is 8.62. The van der Waals surface area contributed by atoms with Gasteiger partial charge >= 0.3 is 0 Å². The van der Waals surface area contributed by atoms with E-state index in [0.29, 0.717) is 26.9 Å². The molecule has 2 N–H and O–H groups in total. The Bertz CT molecular complexity index is 1340. The normalized spacial score (nSPS) is 12.5. The number of carbonyl (C=O) groups is 2. The molecule has 170 valence electrons. The standard InChI is InChI=1S/C21H23N9O2S/c1-11(28-19(32)15-16-17(26-9-25-15)27-10-30(16)5)20-22-7-12(33-20)18(31)29-14-6-13(21(2,3)4)23-8-24-14/h6-11H,1-5H3,(H,28,32)(H,23,24,29,31). The summed E-state index contributed by atoms with van der Waals surface area (Å²) in [7, 11) is 1.77. The summed E-state index contributed by atoms with van der Waals surface area (Å²) >= 11 is 1.19. The van der Waals surface area contributed by atoms with E-state index < -0.39 is 6.04 Å². The largest absolute Gasteiger partial charge is 0.342 e. The second-order valence-corrected chi connectivity index (χ2v) is 9.56. The van der Waals surface area contributed by atoms with Gasteiger partial charge in [0.05, 0.1) is 24.3 Å². The Hall–Kier alpha value is -3.80. The number of carbonyl (C=O) groups excluding carboxylic acids is 2. The number of thiazole rings is 1. The number of aryl methyl sites for hydroxylation is 1. The summed E-state index contributed by atoms with van der Waals surface area (Å²) in [6.07, 6.45) is 5.79. The van der Waals surface area contributed by atoms with Crippen LogP contribution in [0.3, 0.4) is 0 Å². The highest BCUT2D eigenvalue weighted by Crippen LogP contribution is 2.24. The second-order valence-electron chi connectivity index (χ2n) is 8.50. The van der Waals surface area contributed by atoms with Gasteiger partial charge in [0.25, 0.3) is 11.8 Å². The van der Waals surface area contributed by atoms with Crippen LogP contribution in [-0.4, -0.2) is 46.3 Å². The van der Waals surface area contributed by atoms with E-state index in [1.54, 1.807) is 30.9 Å². The molecule has 4 aromatic heterocycles. The number of amides is 2. The predicted octanol–water partition coefficient (Wildman–Crippen LogP) is 2.65. The molecule has 0 aliphatic carbocycles. The van der Waals surface area contributed by atoms with Gasteiger partial charge in [-0.05, 0) is 6.92 Å². The van der Waals surface area contributed by atoms with Gasteiger partial charge in [-0.1, -0.05) is 20.8 Å². The van der Waals surface area contributed by atoms with Gasteiger partial charge in [-0.2, -0.15) is 0 Å². The molecule has 0 aliphatic rings. The van der Waals surface area contributed by atoms with Crippen molar-refractivity contribution in [1.29, 1.82) is 0 Å². The van der Waals surface area contributed by atoms with Gasteiger partial charge < -0.3 is 15.2 Å². The van der Waals surface area contributed by atoms with E-state index in [0.717, 1.165) is 5.69 Å². The van der Waals surface area contributed by atoms with Gasteiger partial charge in [0, 0.05) is 18.5 Å². The maximum absolute atomic E-state index is 12.8. The fourth-order valence-electron chi connectivity index (χ4n) is 3.09. The zero-order chi connectivity index (χ0) is 23.8. The maximum atomic E-state index is 12.8. The van der Waals surface area contributed by atoms with Crippen molar-refractivity contribution in [3.63, 3.8) is 0 Å². The Labute approximate surface area is 193 Å². The van der Waals surface area contributed by atoms with Crippen molar-refractivity contribution in [1.82, 2.24) is 39.8 Å².